The summed E-state index contributed by atoms with van der Waals surface area (Å²) in [6.07, 6.45) is 3.29. The van der Waals surface area contributed by atoms with Crippen molar-refractivity contribution in [2.75, 3.05) is 20.2 Å². The Balaban J connectivity index is 2.17. The molecule has 7 atom stereocenters. The van der Waals surface area contributed by atoms with E-state index in [1.165, 1.54) is 12.0 Å². The molecule has 21 heteroatoms. The molecule has 1 saturated heterocycles. The lowest BCUT2D eigenvalue weighted by atomic mass is 9.98. The van der Waals surface area contributed by atoms with Crippen LogP contribution in [-0.2, 0) is 61.3 Å². The average molecular weight is 947 g/mol. The molecular formula is C46H78N10O11. The van der Waals surface area contributed by atoms with Crippen molar-refractivity contribution < 1.29 is 52.6 Å². The molecule has 0 unspecified atom stereocenters. The Bertz CT molecular complexity index is 1890. The predicted molar refractivity (Wildman–Crippen MR) is 248 cm³/mol. The van der Waals surface area contributed by atoms with E-state index >= 15 is 0 Å². The van der Waals surface area contributed by atoms with Gasteiger partial charge in [-0.25, -0.2) is 14.6 Å². The van der Waals surface area contributed by atoms with Gasteiger partial charge in [0.15, 0.2) is 0 Å². The number of amides is 8. The molecule has 21 nitrogen and oxygen atoms in total. The summed E-state index contributed by atoms with van der Waals surface area (Å²) in [6.45, 7) is 22.3. The lowest BCUT2D eigenvalue weighted by Crippen LogP contribution is -2.61. The minimum Gasteiger partial charge on any atom is -0.467 e. The molecule has 1 fully saturated rings. The largest absolute Gasteiger partial charge is 0.467 e. The van der Waals surface area contributed by atoms with Crippen LogP contribution in [0.5, 0.6) is 0 Å². The molecule has 8 amide bonds. The second kappa shape index (κ2) is 26.0. The van der Waals surface area contributed by atoms with Gasteiger partial charge >= 0.3 is 12.1 Å². The zero-order chi connectivity index (χ0) is 51.1. The quantitative estimate of drug-likeness (QED) is 0.0764. The van der Waals surface area contributed by atoms with E-state index in [-0.39, 0.29) is 37.6 Å². The van der Waals surface area contributed by atoms with Crippen molar-refractivity contribution >= 4 is 53.4 Å². The highest BCUT2D eigenvalue weighted by Crippen LogP contribution is 2.21. The lowest BCUT2D eigenvalue weighted by Gasteiger charge is -2.32. The number of nitrogens with one attached hydrogen (secondary N) is 7. The van der Waals surface area contributed by atoms with E-state index in [4.69, 9.17) is 9.47 Å². The van der Waals surface area contributed by atoms with Crippen LogP contribution in [0.25, 0.3) is 0 Å². The lowest BCUT2D eigenvalue weighted by molar-refractivity contribution is -0.147. The van der Waals surface area contributed by atoms with Crippen LogP contribution in [0.1, 0.15) is 115 Å². The molecule has 1 aliphatic heterocycles. The van der Waals surface area contributed by atoms with Crippen molar-refractivity contribution in [2.24, 2.45) is 36.6 Å². The van der Waals surface area contributed by atoms with Gasteiger partial charge in [0.2, 0.25) is 41.4 Å². The highest BCUT2D eigenvalue weighted by Gasteiger charge is 2.41. The number of ether oxygens (including phenoxy) is 2. The van der Waals surface area contributed by atoms with Crippen LogP contribution >= 0.6 is 0 Å². The number of imidazole rings is 1. The number of methoxy groups -OCH3 is 1. The van der Waals surface area contributed by atoms with Crippen molar-refractivity contribution in [1.29, 1.82) is 0 Å². The minimum absolute atomic E-state index is 0.0354. The van der Waals surface area contributed by atoms with Crippen molar-refractivity contribution in [3.8, 4) is 0 Å². The molecule has 1 aromatic heterocycles. The number of aromatic nitrogens is 2. The van der Waals surface area contributed by atoms with Crippen LogP contribution in [0.4, 0.5) is 4.79 Å². The number of hydrogen-bond acceptors (Lipinski definition) is 12. The summed E-state index contributed by atoms with van der Waals surface area (Å²) in [5.41, 5.74) is -0.210. The molecular weight excluding hydrogens is 869 g/mol. The normalized spacial score (nSPS) is 16.7. The summed E-state index contributed by atoms with van der Waals surface area (Å²) in [7, 11) is 2.96. The Morgan fingerprint density at radius 1 is 0.701 bits per heavy atom. The number of esters is 1. The minimum atomic E-state index is -1.15. The second-order valence-corrected chi connectivity index (χ2v) is 20.0. The van der Waals surface area contributed by atoms with E-state index in [2.05, 4.69) is 42.2 Å². The number of carbonyl (C=O) groups is 9. The van der Waals surface area contributed by atoms with Gasteiger partial charge in [-0.1, -0.05) is 69.2 Å². The van der Waals surface area contributed by atoms with Crippen molar-refractivity contribution in [1.82, 2.24) is 51.7 Å². The van der Waals surface area contributed by atoms with Crippen molar-refractivity contribution in [3.05, 3.63) is 18.2 Å². The summed E-state index contributed by atoms with van der Waals surface area (Å²) in [6, 6.07) is -7.42. The van der Waals surface area contributed by atoms with Crippen LogP contribution in [-0.4, -0.2) is 136 Å². The van der Waals surface area contributed by atoms with Gasteiger partial charge in [-0.15, -0.1) is 0 Å². The molecule has 7 N–H and O–H groups in total. The summed E-state index contributed by atoms with van der Waals surface area (Å²) in [5, 5.41) is 18.8. The van der Waals surface area contributed by atoms with Gasteiger partial charge in [-0.05, 0) is 69.6 Å². The molecule has 67 heavy (non-hydrogen) atoms. The first kappa shape index (κ1) is 57.4. The van der Waals surface area contributed by atoms with Crippen LogP contribution in [0.3, 0.4) is 0 Å². The Morgan fingerprint density at radius 3 is 1.67 bits per heavy atom. The fourth-order valence-electron chi connectivity index (χ4n) is 7.37. The highest BCUT2D eigenvalue weighted by molar-refractivity contribution is 5.97. The van der Waals surface area contributed by atoms with Gasteiger partial charge in [0.25, 0.3) is 0 Å². The van der Waals surface area contributed by atoms with E-state index in [1.54, 1.807) is 100 Å². The van der Waals surface area contributed by atoms with E-state index in [1.807, 2.05) is 13.8 Å². The summed E-state index contributed by atoms with van der Waals surface area (Å²) in [5.74, 6) is -6.62. The topological polar surface area (TPSA) is 277 Å². The molecule has 1 aliphatic rings. The van der Waals surface area contributed by atoms with Gasteiger partial charge in [-0.3, -0.25) is 33.6 Å². The fourth-order valence-corrected chi connectivity index (χ4v) is 7.37. The average Bonchev–Trinajstić information content (AvgIpc) is 3.88. The molecule has 0 bridgehead atoms. The standard InChI is InChI=1S/C46H78N10O11/c1-24(2)19-30(38(58)51-35(26(5)6)42(62)54-37(28(9)10)44(64)66-15)49-33(57)22-48-40(60)32-17-16-18-56(32)43(63)36(27(7)8)53-41(61)34(25(3)4)52-39(59)31(20-29-21-47-23-55(29)14)50-45(65)67-46(11,12)13/h21,23-28,30-32,34-37H,16-20,22H2,1-15H3,(H,48,60)(H,49,57)(H,50,65)(H,51,58)(H,52,59)(H,53,61)(H,54,62)/t30-,31-,32+,34-,35-,36-,37-/m0/s1. The summed E-state index contributed by atoms with van der Waals surface area (Å²) >= 11 is 0. The van der Waals surface area contributed by atoms with Gasteiger partial charge in [0.1, 0.15) is 47.9 Å². The molecule has 378 valence electrons. The molecule has 0 aromatic carbocycles. The molecule has 0 radical (unpaired) electrons. The van der Waals surface area contributed by atoms with E-state index in [9.17, 15) is 43.2 Å². The predicted octanol–water partition coefficient (Wildman–Crippen LogP) is 1.23. The third-order valence-electron chi connectivity index (χ3n) is 11.1. The first-order chi connectivity index (χ1) is 31.1. The Hall–Kier alpha value is -5.76. The molecule has 2 rings (SSSR count). The monoisotopic (exact) mass is 947 g/mol. The van der Waals surface area contributed by atoms with Crippen LogP contribution in [0, 0.1) is 29.6 Å². The SMILES string of the molecule is COC(=O)[C@@H](NC(=O)[C@@H](NC(=O)[C@H](CC(C)C)NC(=O)CNC(=O)[C@H]1CCCN1C(=O)[C@@H](NC(=O)[C@@H](NC(=O)[C@H](Cc1cncn1C)NC(=O)OC(C)(C)C)C(C)C)C(C)C)C(C)C)C(C)C. The molecule has 0 spiro atoms. The second-order valence-electron chi connectivity index (χ2n) is 20.0. The molecule has 2 heterocycles. The van der Waals surface area contributed by atoms with Gasteiger partial charge in [0, 0.05) is 31.9 Å². The third-order valence-corrected chi connectivity index (χ3v) is 11.1. The Labute approximate surface area is 395 Å². The first-order valence-electron chi connectivity index (χ1n) is 23.2. The number of hydrogen-bond donors (Lipinski definition) is 7. The maximum atomic E-state index is 14.2. The van der Waals surface area contributed by atoms with E-state index in [0.29, 0.717) is 12.1 Å². The van der Waals surface area contributed by atoms with Crippen molar-refractivity contribution in [3.63, 3.8) is 0 Å². The Morgan fingerprint density at radius 2 is 1.21 bits per heavy atom. The number of aryl methyl sites for hydroxylation is 1. The zero-order valence-corrected chi connectivity index (χ0v) is 42.2. The van der Waals surface area contributed by atoms with Crippen LogP contribution < -0.4 is 37.2 Å². The first-order valence-corrected chi connectivity index (χ1v) is 23.2. The van der Waals surface area contributed by atoms with Gasteiger partial charge in [-0.2, -0.15) is 0 Å². The highest BCUT2D eigenvalue weighted by atomic mass is 16.6. The van der Waals surface area contributed by atoms with E-state index < -0.39 is 126 Å². The number of carbonyl (C=O) groups excluding carboxylic acids is 9. The number of nitrogens with zero attached hydrogens (tertiary/aromatic N) is 3. The van der Waals surface area contributed by atoms with Gasteiger partial charge < -0.3 is 56.2 Å². The summed E-state index contributed by atoms with van der Waals surface area (Å²) in [4.78, 5) is 126. The summed E-state index contributed by atoms with van der Waals surface area (Å²) < 4.78 is 11.9. The number of alkyl carbamates (subject to hydrolysis) is 1. The molecule has 0 aliphatic carbocycles. The molecule has 1 aromatic rings. The number of likely N-dealkylation sites (tertiary alicyclic amines) is 1. The van der Waals surface area contributed by atoms with E-state index in [0.717, 1.165) is 0 Å². The smallest absolute Gasteiger partial charge is 0.408 e. The van der Waals surface area contributed by atoms with Gasteiger partial charge in [0.05, 0.1) is 20.0 Å². The van der Waals surface area contributed by atoms with Crippen LogP contribution in [0.2, 0.25) is 0 Å². The molecule has 0 saturated carbocycles. The zero-order valence-electron chi connectivity index (χ0n) is 42.2. The van der Waals surface area contributed by atoms with Crippen molar-refractivity contribution in [2.45, 2.75) is 164 Å². The maximum absolute atomic E-state index is 14.2. The third kappa shape index (κ3) is 18.1. The maximum Gasteiger partial charge on any atom is 0.408 e. The fraction of sp³-hybridized carbons (Fsp3) is 0.739. The Kier molecular flexibility index (Phi) is 22.2. The van der Waals surface area contributed by atoms with Crippen LogP contribution in [0.15, 0.2) is 12.5 Å². The number of rotatable bonds is 23.